The summed E-state index contributed by atoms with van der Waals surface area (Å²) in [4.78, 5) is 37.2. The first-order chi connectivity index (χ1) is 14.3. The number of Topliss-reactive ketones (excluding diaryl/α,β-unsaturated/α-hetero) is 1. The van der Waals surface area contributed by atoms with Crippen molar-refractivity contribution in [1.29, 1.82) is 0 Å². The van der Waals surface area contributed by atoms with Crippen LogP contribution in [-0.4, -0.2) is 28.9 Å². The molecule has 154 valence electrons. The molecule has 1 aromatic heterocycles. The number of hydrogen-bond donors (Lipinski definition) is 2. The SMILES string of the molecule is Cc1cc(C(=O)COC(=O)c2ccc(Cl)c(N)c2)c(C)n1NC(=O)c1ccccc1. The quantitative estimate of drug-likeness (QED) is 0.355. The van der Waals surface area contributed by atoms with Gasteiger partial charge in [0.2, 0.25) is 5.78 Å². The molecule has 0 radical (unpaired) electrons. The monoisotopic (exact) mass is 425 g/mol. The molecule has 0 saturated heterocycles. The van der Waals surface area contributed by atoms with E-state index in [1.54, 1.807) is 44.2 Å². The molecule has 0 aliphatic carbocycles. The average Bonchev–Trinajstić information content (AvgIpc) is 3.02. The van der Waals surface area contributed by atoms with Gasteiger partial charge in [-0.05, 0) is 50.2 Å². The molecule has 3 aromatic rings. The maximum Gasteiger partial charge on any atom is 0.338 e. The number of ether oxygens (including phenoxy) is 1. The first-order valence-corrected chi connectivity index (χ1v) is 9.46. The third-order valence-corrected chi connectivity index (χ3v) is 4.89. The summed E-state index contributed by atoms with van der Waals surface area (Å²) in [5, 5.41) is 0.326. The standard InChI is InChI=1S/C22H20ClN3O4/c1-13-10-17(14(2)26(13)25-21(28)15-6-4-3-5-7-15)20(27)12-30-22(29)16-8-9-18(23)19(24)11-16/h3-11H,12,24H2,1-2H3,(H,25,28). The van der Waals surface area contributed by atoms with Gasteiger partial charge in [0.1, 0.15) is 0 Å². The van der Waals surface area contributed by atoms with Crippen LogP contribution in [0.1, 0.15) is 42.5 Å². The van der Waals surface area contributed by atoms with Crippen molar-refractivity contribution in [3.05, 3.63) is 87.7 Å². The summed E-state index contributed by atoms with van der Waals surface area (Å²) in [7, 11) is 0. The van der Waals surface area contributed by atoms with Crippen molar-refractivity contribution >= 4 is 34.9 Å². The molecular weight excluding hydrogens is 406 g/mol. The number of nitrogens with one attached hydrogen (secondary N) is 1. The van der Waals surface area contributed by atoms with Gasteiger partial charge in [-0.15, -0.1) is 0 Å². The van der Waals surface area contributed by atoms with E-state index in [0.29, 0.717) is 27.5 Å². The Kier molecular flexibility index (Phi) is 6.23. The topological polar surface area (TPSA) is 103 Å². The zero-order chi connectivity index (χ0) is 21.8. The highest BCUT2D eigenvalue weighted by Gasteiger charge is 2.19. The Bertz CT molecular complexity index is 1120. The number of nitrogen functional groups attached to an aromatic ring is 1. The molecule has 0 bridgehead atoms. The molecule has 2 aromatic carbocycles. The number of aromatic nitrogens is 1. The highest BCUT2D eigenvalue weighted by molar-refractivity contribution is 6.33. The minimum atomic E-state index is -0.682. The number of amides is 1. The second-order valence-electron chi connectivity index (χ2n) is 6.66. The van der Waals surface area contributed by atoms with Crippen LogP contribution in [0.2, 0.25) is 5.02 Å². The number of benzene rings is 2. The van der Waals surface area contributed by atoms with E-state index >= 15 is 0 Å². The van der Waals surface area contributed by atoms with E-state index in [1.807, 2.05) is 6.07 Å². The molecule has 0 spiro atoms. The van der Waals surface area contributed by atoms with Crippen molar-refractivity contribution < 1.29 is 19.1 Å². The van der Waals surface area contributed by atoms with Gasteiger partial charge in [0.15, 0.2) is 6.61 Å². The Hall–Kier alpha value is -3.58. The number of hydrogen-bond acceptors (Lipinski definition) is 5. The van der Waals surface area contributed by atoms with Gasteiger partial charge in [0, 0.05) is 22.5 Å². The first kappa shape index (κ1) is 21.1. The summed E-state index contributed by atoms with van der Waals surface area (Å²) < 4.78 is 6.64. The predicted molar refractivity (Wildman–Crippen MR) is 115 cm³/mol. The van der Waals surface area contributed by atoms with Crippen LogP contribution < -0.4 is 11.2 Å². The summed E-state index contributed by atoms with van der Waals surface area (Å²) in [5.41, 5.74) is 10.9. The summed E-state index contributed by atoms with van der Waals surface area (Å²) in [6, 6.07) is 14.7. The van der Waals surface area contributed by atoms with Crippen LogP contribution >= 0.6 is 11.6 Å². The first-order valence-electron chi connectivity index (χ1n) is 9.08. The molecule has 3 N–H and O–H groups in total. The summed E-state index contributed by atoms with van der Waals surface area (Å²) >= 11 is 5.84. The maximum absolute atomic E-state index is 12.6. The fraction of sp³-hybridized carbons (Fsp3) is 0.136. The number of esters is 1. The van der Waals surface area contributed by atoms with E-state index < -0.39 is 18.4 Å². The minimum Gasteiger partial charge on any atom is -0.454 e. The lowest BCUT2D eigenvalue weighted by molar-refractivity contribution is 0.0474. The Morgan fingerprint density at radius 1 is 1.03 bits per heavy atom. The van der Waals surface area contributed by atoms with E-state index in [9.17, 15) is 14.4 Å². The van der Waals surface area contributed by atoms with Gasteiger partial charge in [0.05, 0.1) is 16.3 Å². The number of nitrogens with zero attached hydrogens (tertiary/aromatic N) is 1. The molecule has 0 aliphatic heterocycles. The molecule has 0 aliphatic rings. The van der Waals surface area contributed by atoms with Crippen molar-refractivity contribution in [2.24, 2.45) is 0 Å². The molecule has 0 fully saturated rings. The van der Waals surface area contributed by atoms with Gasteiger partial charge in [-0.2, -0.15) is 0 Å². The molecule has 7 nitrogen and oxygen atoms in total. The summed E-state index contributed by atoms with van der Waals surface area (Å²) in [6.07, 6.45) is 0. The van der Waals surface area contributed by atoms with E-state index in [-0.39, 0.29) is 17.2 Å². The third kappa shape index (κ3) is 4.52. The molecule has 1 amide bonds. The fourth-order valence-corrected chi connectivity index (χ4v) is 3.05. The zero-order valence-electron chi connectivity index (χ0n) is 16.4. The Morgan fingerprint density at radius 3 is 2.40 bits per heavy atom. The number of rotatable bonds is 6. The number of nitrogens with two attached hydrogens (primary N) is 1. The minimum absolute atomic E-state index is 0.199. The van der Waals surface area contributed by atoms with Crippen LogP contribution in [0, 0.1) is 13.8 Å². The largest absolute Gasteiger partial charge is 0.454 e. The highest BCUT2D eigenvalue weighted by Crippen LogP contribution is 2.20. The normalized spacial score (nSPS) is 10.5. The molecule has 0 atom stereocenters. The number of aryl methyl sites for hydroxylation is 1. The van der Waals surface area contributed by atoms with Crippen molar-refractivity contribution in [1.82, 2.24) is 4.68 Å². The fourth-order valence-electron chi connectivity index (χ4n) is 2.94. The number of carbonyl (C=O) groups excluding carboxylic acids is 3. The lowest BCUT2D eigenvalue weighted by Gasteiger charge is -2.11. The van der Waals surface area contributed by atoms with Crippen LogP contribution in [0.25, 0.3) is 0 Å². The predicted octanol–water partition coefficient (Wildman–Crippen LogP) is 3.76. The van der Waals surface area contributed by atoms with Crippen molar-refractivity contribution in [2.45, 2.75) is 13.8 Å². The lowest BCUT2D eigenvalue weighted by Crippen LogP contribution is -2.25. The molecule has 8 heteroatoms. The number of carbonyl (C=O) groups is 3. The van der Waals surface area contributed by atoms with E-state index in [1.165, 1.54) is 22.9 Å². The van der Waals surface area contributed by atoms with Crippen LogP contribution in [0.4, 0.5) is 5.69 Å². The Balaban J connectivity index is 1.69. The summed E-state index contributed by atoms with van der Waals surface area (Å²) in [5.74, 6) is -1.38. The van der Waals surface area contributed by atoms with Crippen molar-refractivity contribution in [3.63, 3.8) is 0 Å². The van der Waals surface area contributed by atoms with Crippen LogP contribution in [0.15, 0.2) is 54.6 Å². The number of halogens is 1. The van der Waals surface area contributed by atoms with E-state index in [4.69, 9.17) is 22.1 Å². The number of ketones is 1. The number of anilines is 1. The van der Waals surface area contributed by atoms with Crippen molar-refractivity contribution in [2.75, 3.05) is 17.8 Å². The van der Waals surface area contributed by atoms with Gasteiger partial charge in [-0.25, -0.2) is 4.79 Å². The second kappa shape index (κ2) is 8.84. The highest BCUT2D eigenvalue weighted by atomic mass is 35.5. The molecule has 3 rings (SSSR count). The molecule has 0 unspecified atom stereocenters. The van der Waals surface area contributed by atoms with Gasteiger partial charge in [-0.3, -0.25) is 19.7 Å². The van der Waals surface area contributed by atoms with Gasteiger partial charge in [-0.1, -0.05) is 29.8 Å². The molecular formula is C22H20ClN3O4. The van der Waals surface area contributed by atoms with Crippen LogP contribution in [0.5, 0.6) is 0 Å². The summed E-state index contributed by atoms with van der Waals surface area (Å²) in [6.45, 7) is 3.02. The van der Waals surface area contributed by atoms with Gasteiger partial charge >= 0.3 is 5.97 Å². The Labute approximate surface area is 178 Å². The van der Waals surface area contributed by atoms with Crippen LogP contribution in [0.3, 0.4) is 0 Å². The third-order valence-electron chi connectivity index (χ3n) is 4.55. The van der Waals surface area contributed by atoms with Crippen molar-refractivity contribution in [3.8, 4) is 0 Å². The van der Waals surface area contributed by atoms with Crippen LogP contribution in [-0.2, 0) is 4.74 Å². The van der Waals surface area contributed by atoms with Gasteiger partial charge < -0.3 is 10.5 Å². The zero-order valence-corrected chi connectivity index (χ0v) is 17.2. The van der Waals surface area contributed by atoms with E-state index in [2.05, 4.69) is 5.43 Å². The molecule has 1 heterocycles. The second-order valence-corrected chi connectivity index (χ2v) is 7.07. The lowest BCUT2D eigenvalue weighted by atomic mass is 10.1. The molecule has 30 heavy (non-hydrogen) atoms. The smallest absolute Gasteiger partial charge is 0.338 e. The molecule has 0 saturated carbocycles. The van der Waals surface area contributed by atoms with E-state index in [0.717, 1.165) is 0 Å². The maximum atomic E-state index is 12.6. The van der Waals surface area contributed by atoms with Gasteiger partial charge in [0.25, 0.3) is 5.91 Å². The Morgan fingerprint density at radius 2 is 1.73 bits per heavy atom. The average molecular weight is 426 g/mol.